The lowest BCUT2D eigenvalue weighted by molar-refractivity contribution is 0.609. The molecule has 0 saturated carbocycles. The zero-order valence-electron chi connectivity index (χ0n) is 10.8. The first-order valence-electron chi connectivity index (χ1n) is 6.61. The van der Waals surface area contributed by atoms with Crippen LogP contribution in [0.2, 0.25) is 5.02 Å². The highest BCUT2D eigenvalue weighted by Crippen LogP contribution is 2.29. The highest BCUT2D eigenvalue weighted by Gasteiger charge is 2.19. The third kappa shape index (κ3) is 2.99. The Hall–Kier alpha value is -1.06. The number of fused-ring (bicyclic) bond motifs is 1. The number of hydrogen-bond donors (Lipinski definition) is 1. The van der Waals surface area contributed by atoms with Gasteiger partial charge in [-0.05, 0) is 60.7 Å². The number of aryl methyl sites for hydroxylation is 1. The van der Waals surface area contributed by atoms with Crippen LogP contribution >= 0.6 is 27.5 Å². The summed E-state index contributed by atoms with van der Waals surface area (Å²) in [5.74, 6) is -0.306. The first-order valence-corrected chi connectivity index (χ1v) is 7.78. The van der Waals surface area contributed by atoms with Crippen molar-refractivity contribution < 1.29 is 4.39 Å². The summed E-state index contributed by atoms with van der Waals surface area (Å²) in [6, 6.07) is 11.3. The highest BCUT2D eigenvalue weighted by molar-refractivity contribution is 9.10. The number of hydrogen-bond acceptors (Lipinski definition) is 1. The van der Waals surface area contributed by atoms with Crippen molar-refractivity contribution in [1.82, 2.24) is 0 Å². The van der Waals surface area contributed by atoms with E-state index < -0.39 is 0 Å². The largest absolute Gasteiger partial charge is 0.381 e. The van der Waals surface area contributed by atoms with Crippen LogP contribution in [0.3, 0.4) is 0 Å². The number of nitrogens with one attached hydrogen (secondary N) is 1. The molecule has 0 bridgehead atoms. The van der Waals surface area contributed by atoms with Crippen molar-refractivity contribution in [3.63, 3.8) is 0 Å². The zero-order chi connectivity index (χ0) is 14.1. The molecule has 1 N–H and O–H groups in total. The van der Waals surface area contributed by atoms with Crippen LogP contribution in [0.25, 0.3) is 0 Å². The van der Waals surface area contributed by atoms with E-state index >= 15 is 0 Å². The average Bonchev–Trinajstić information content (AvgIpc) is 2.42. The molecule has 0 aliphatic heterocycles. The molecule has 0 amide bonds. The maximum absolute atomic E-state index is 13.0. The van der Waals surface area contributed by atoms with Crippen LogP contribution < -0.4 is 5.32 Å². The fraction of sp³-hybridized carbons (Fsp3) is 0.250. The lowest BCUT2D eigenvalue weighted by Gasteiger charge is -2.27. The second-order valence-corrected chi connectivity index (χ2v) is 6.44. The Bertz CT molecular complexity index is 644. The highest BCUT2D eigenvalue weighted by atomic mass is 79.9. The lowest BCUT2D eigenvalue weighted by atomic mass is 9.88. The minimum Gasteiger partial charge on any atom is -0.381 e. The summed E-state index contributed by atoms with van der Waals surface area (Å²) in [5.41, 5.74) is 3.58. The SMILES string of the molecule is Fc1ccc(NC2CCc3cc(Br)ccc3C2)c(Cl)c1. The first kappa shape index (κ1) is 13.9. The Morgan fingerprint density at radius 3 is 2.80 bits per heavy atom. The van der Waals surface area contributed by atoms with E-state index in [0.29, 0.717) is 11.1 Å². The van der Waals surface area contributed by atoms with E-state index in [1.807, 2.05) is 0 Å². The molecule has 4 heteroatoms. The molecule has 0 saturated heterocycles. The topological polar surface area (TPSA) is 12.0 Å². The molecule has 1 aliphatic carbocycles. The van der Waals surface area contributed by atoms with Gasteiger partial charge in [-0.3, -0.25) is 0 Å². The third-order valence-corrected chi connectivity index (χ3v) is 4.49. The van der Waals surface area contributed by atoms with Crippen LogP contribution in [0.15, 0.2) is 40.9 Å². The van der Waals surface area contributed by atoms with Gasteiger partial charge in [-0.1, -0.05) is 33.6 Å². The van der Waals surface area contributed by atoms with Crippen molar-refractivity contribution >= 4 is 33.2 Å². The van der Waals surface area contributed by atoms with Gasteiger partial charge in [0.15, 0.2) is 0 Å². The van der Waals surface area contributed by atoms with Gasteiger partial charge >= 0.3 is 0 Å². The standard InChI is InChI=1S/C16H14BrClFN/c17-12-3-1-11-8-14(5-2-10(11)7-12)20-16-6-4-13(19)9-15(16)18/h1,3-4,6-7,9,14,20H,2,5,8H2. The van der Waals surface area contributed by atoms with E-state index in [-0.39, 0.29) is 5.82 Å². The van der Waals surface area contributed by atoms with Gasteiger partial charge in [0.25, 0.3) is 0 Å². The molecule has 2 aromatic rings. The van der Waals surface area contributed by atoms with Crippen LogP contribution in [-0.2, 0) is 12.8 Å². The molecule has 20 heavy (non-hydrogen) atoms. The summed E-state index contributed by atoms with van der Waals surface area (Å²) in [7, 11) is 0. The molecule has 0 fully saturated rings. The minimum absolute atomic E-state index is 0.306. The molecule has 1 aliphatic rings. The summed E-state index contributed by atoms with van der Waals surface area (Å²) < 4.78 is 14.2. The Balaban J connectivity index is 1.75. The molecule has 104 valence electrons. The average molecular weight is 355 g/mol. The molecule has 0 aromatic heterocycles. The lowest BCUT2D eigenvalue weighted by Crippen LogP contribution is -2.27. The Labute approximate surface area is 131 Å². The number of anilines is 1. The zero-order valence-corrected chi connectivity index (χ0v) is 13.1. The van der Waals surface area contributed by atoms with Gasteiger partial charge < -0.3 is 5.32 Å². The molecule has 0 spiro atoms. The third-order valence-electron chi connectivity index (χ3n) is 3.69. The minimum atomic E-state index is -0.306. The maximum Gasteiger partial charge on any atom is 0.124 e. The fourth-order valence-electron chi connectivity index (χ4n) is 2.67. The predicted octanol–water partition coefficient (Wildman–Crippen LogP) is 5.21. The van der Waals surface area contributed by atoms with Gasteiger partial charge in [-0.15, -0.1) is 0 Å². The van der Waals surface area contributed by atoms with Gasteiger partial charge in [0, 0.05) is 10.5 Å². The second kappa shape index (κ2) is 5.74. The van der Waals surface area contributed by atoms with Crippen molar-refractivity contribution in [2.75, 3.05) is 5.32 Å². The molecular weight excluding hydrogens is 341 g/mol. The predicted molar refractivity (Wildman–Crippen MR) is 85.0 cm³/mol. The van der Waals surface area contributed by atoms with Crippen LogP contribution in [0.4, 0.5) is 10.1 Å². The van der Waals surface area contributed by atoms with Crippen molar-refractivity contribution in [2.45, 2.75) is 25.3 Å². The number of halogens is 3. The summed E-state index contributed by atoms with van der Waals surface area (Å²) in [6.07, 6.45) is 3.07. The van der Waals surface area contributed by atoms with E-state index in [9.17, 15) is 4.39 Å². The summed E-state index contributed by atoms with van der Waals surface area (Å²) in [4.78, 5) is 0. The number of rotatable bonds is 2. The van der Waals surface area contributed by atoms with Gasteiger partial charge in [0.05, 0.1) is 10.7 Å². The van der Waals surface area contributed by atoms with Gasteiger partial charge in [-0.25, -0.2) is 4.39 Å². The Morgan fingerprint density at radius 1 is 1.15 bits per heavy atom. The molecule has 1 unspecified atom stereocenters. The monoisotopic (exact) mass is 353 g/mol. The smallest absolute Gasteiger partial charge is 0.124 e. The van der Waals surface area contributed by atoms with Crippen LogP contribution in [0.1, 0.15) is 17.5 Å². The van der Waals surface area contributed by atoms with Crippen molar-refractivity contribution in [1.29, 1.82) is 0 Å². The van der Waals surface area contributed by atoms with Crippen molar-refractivity contribution in [2.24, 2.45) is 0 Å². The second-order valence-electron chi connectivity index (χ2n) is 5.12. The van der Waals surface area contributed by atoms with E-state index in [2.05, 4.69) is 39.4 Å². The van der Waals surface area contributed by atoms with Crippen molar-refractivity contribution in [3.8, 4) is 0 Å². The molecular formula is C16H14BrClFN. The molecule has 2 aromatic carbocycles. The normalized spacial score (nSPS) is 17.6. The van der Waals surface area contributed by atoms with Gasteiger partial charge in [0.1, 0.15) is 5.82 Å². The van der Waals surface area contributed by atoms with E-state index in [1.54, 1.807) is 6.07 Å². The molecule has 1 nitrogen and oxygen atoms in total. The van der Waals surface area contributed by atoms with Gasteiger partial charge in [-0.2, -0.15) is 0 Å². The first-order chi connectivity index (χ1) is 9.61. The van der Waals surface area contributed by atoms with Crippen molar-refractivity contribution in [3.05, 3.63) is 62.8 Å². The maximum atomic E-state index is 13.0. The Morgan fingerprint density at radius 2 is 2.00 bits per heavy atom. The summed E-state index contributed by atoms with van der Waals surface area (Å²) in [6.45, 7) is 0. The summed E-state index contributed by atoms with van der Waals surface area (Å²) in [5, 5.41) is 3.86. The van der Waals surface area contributed by atoms with E-state index in [4.69, 9.17) is 11.6 Å². The molecule has 3 rings (SSSR count). The Kier molecular flexibility index (Phi) is 3.99. The van der Waals surface area contributed by atoms with Crippen LogP contribution in [0, 0.1) is 5.82 Å². The quantitative estimate of drug-likeness (QED) is 0.780. The summed E-state index contributed by atoms with van der Waals surface area (Å²) >= 11 is 9.57. The van der Waals surface area contributed by atoms with E-state index in [1.165, 1.54) is 23.3 Å². The fourth-order valence-corrected chi connectivity index (χ4v) is 3.30. The number of benzene rings is 2. The van der Waals surface area contributed by atoms with E-state index in [0.717, 1.165) is 29.4 Å². The van der Waals surface area contributed by atoms with Gasteiger partial charge in [0.2, 0.25) is 0 Å². The molecule has 0 heterocycles. The van der Waals surface area contributed by atoms with Crippen LogP contribution in [-0.4, -0.2) is 6.04 Å². The molecule has 1 atom stereocenters. The molecule has 0 radical (unpaired) electrons. The van der Waals surface area contributed by atoms with Crippen LogP contribution in [0.5, 0.6) is 0 Å².